The summed E-state index contributed by atoms with van der Waals surface area (Å²) < 4.78 is 0. The summed E-state index contributed by atoms with van der Waals surface area (Å²) in [4.78, 5) is 15.8. The van der Waals surface area contributed by atoms with E-state index in [4.69, 9.17) is 0 Å². The number of rotatable bonds is 4. The van der Waals surface area contributed by atoms with Gasteiger partial charge in [0.15, 0.2) is 0 Å². The Bertz CT molecular complexity index is 587. The van der Waals surface area contributed by atoms with Gasteiger partial charge in [0.2, 0.25) is 5.91 Å². The number of aromatic nitrogens is 1. The lowest BCUT2D eigenvalue weighted by Crippen LogP contribution is -2.19. The van der Waals surface area contributed by atoms with Crippen molar-refractivity contribution in [3.05, 3.63) is 51.5 Å². The summed E-state index contributed by atoms with van der Waals surface area (Å²) in [5.41, 5.74) is 5.59. The Labute approximate surface area is 116 Å². The van der Waals surface area contributed by atoms with E-state index in [0.717, 1.165) is 16.3 Å². The van der Waals surface area contributed by atoms with Crippen LogP contribution in [0.4, 0.5) is 0 Å². The lowest BCUT2D eigenvalue weighted by molar-refractivity contribution is -0.120. The topological polar surface area (TPSA) is 54.4 Å². The van der Waals surface area contributed by atoms with Crippen LogP contribution in [0.5, 0.6) is 0 Å². The predicted octanol–water partition coefficient (Wildman–Crippen LogP) is 2.45. The van der Waals surface area contributed by atoms with Crippen molar-refractivity contribution in [2.75, 3.05) is 0 Å². The SMILES string of the molecule is Cc1ccc(/C=N\NC(=O)Cc2nc(C)cs2)cc1. The number of nitrogens with zero attached hydrogens (tertiary/aromatic N) is 2. The fourth-order valence-corrected chi connectivity index (χ4v) is 2.26. The number of benzene rings is 1. The molecule has 0 saturated heterocycles. The van der Waals surface area contributed by atoms with Crippen LogP contribution in [0.3, 0.4) is 0 Å². The fourth-order valence-electron chi connectivity index (χ4n) is 1.49. The van der Waals surface area contributed by atoms with Gasteiger partial charge in [0.05, 0.1) is 12.6 Å². The van der Waals surface area contributed by atoms with Crippen LogP contribution in [0.1, 0.15) is 21.8 Å². The van der Waals surface area contributed by atoms with Gasteiger partial charge in [-0.1, -0.05) is 29.8 Å². The number of carbonyl (C=O) groups excluding carboxylic acids is 1. The highest BCUT2D eigenvalue weighted by Gasteiger charge is 2.05. The third-order valence-corrected chi connectivity index (χ3v) is 3.43. The van der Waals surface area contributed by atoms with Gasteiger partial charge in [-0.15, -0.1) is 11.3 Å². The van der Waals surface area contributed by atoms with Crippen molar-refractivity contribution >= 4 is 23.5 Å². The fraction of sp³-hybridized carbons (Fsp3) is 0.214. The van der Waals surface area contributed by atoms with Crippen molar-refractivity contribution in [2.45, 2.75) is 20.3 Å². The van der Waals surface area contributed by atoms with Crippen LogP contribution >= 0.6 is 11.3 Å². The molecule has 0 saturated carbocycles. The van der Waals surface area contributed by atoms with Crippen molar-refractivity contribution in [2.24, 2.45) is 5.10 Å². The van der Waals surface area contributed by atoms with Gasteiger partial charge in [-0.25, -0.2) is 10.4 Å². The lowest BCUT2D eigenvalue weighted by atomic mass is 10.2. The van der Waals surface area contributed by atoms with E-state index < -0.39 is 0 Å². The van der Waals surface area contributed by atoms with Crippen LogP contribution in [0.15, 0.2) is 34.7 Å². The zero-order chi connectivity index (χ0) is 13.7. The molecule has 0 spiro atoms. The second kappa shape index (κ2) is 6.24. The molecule has 0 aliphatic rings. The molecule has 1 aromatic heterocycles. The van der Waals surface area contributed by atoms with Crippen molar-refractivity contribution in [1.29, 1.82) is 0 Å². The first kappa shape index (κ1) is 13.4. The molecule has 2 aromatic rings. The van der Waals surface area contributed by atoms with E-state index >= 15 is 0 Å². The number of aryl methyl sites for hydroxylation is 2. The zero-order valence-corrected chi connectivity index (χ0v) is 11.7. The summed E-state index contributed by atoms with van der Waals surface area (Å²) in [5, 5.41) is 6.66. The minimum Gasteiger partial charge on any atom is -0.273 e. The number of amides is 1. The highest BCUT2D eigenvalue weighted by atomic mass is 32.1. The Hall–Kier alpha value is -2.01. The molecule has 1 aromatic carbocycles. The van der Waals surface area contributed by atoms with Gasteiger partial charge in [-0.05, 0) is 19.4 Å². The highest BCUT2D eigenvalue weighted by Crippen LogP contribution is 2.08. The summed E-state index contributed by atoms with van der Waals surface area (Å²) in [6.07, 6.45) is 1.90. The van der Waals surface area contributed by atoms with Gasteiger partial charge < -0.3 is 0 Å². The molecular formula is C14H15N3OS. The van der Waals surface area contributed by atoms with E-state index in [9.17, 15) is 4.79 Å². The van der Waals surface area contributed by atoms with Crippen LogP contribution < -0.4 is 5.43 Å². The summed E-state index contributed by atoms with van der Waals surface area (Å²) in [5.74, 6) is -0.155. The van der Waals surface area contributed by atoms with Gasteiger partial charge in [0.1, 0.15) is 5.01 Å². The van der Waals surface area contributed by atoms with Crippen LogP contribution in [0, 0.1) is 13.8 Å². The molecule has 0 radical (unpaired) electrons. The van der Waals surface area contributed by atoms with Crippen molar-refractivity contribution in [1.82, 2.24) is 10.4 Å². The second-order valence-electron chi connectivity index (χ2n) is 4.26. The molecule has 19 heavy (non-hydrogen) atoms. The first-order valence-electron chi connectivity index (χ1n) is 5.93. The van der Waals surface area contributed by atoms with Gasteiger partial charge in [0, 0.05) is 11.1 Å². The summed E-state index contributed by atoms with van der Waals surface area (Å²) >= 11 is 1.49. The van der Waals surface area contributed by atoms with Gasteiger partial charge >= 0.3 is 0 Å². The number of carbonyl (C=O) groups is 1. The molecular weight excluding hydrogens is 258 g/mol. The van der Waals surface area contributed by atoms with Crippen LogP contribution in [0.25, 0.3) is 0 Å². The molecule has 0 atom stereocenters. The maximum Gasteiger partial charge on any atom is 0.246 e. The minimum atomic E-state index is -0.155. The number of hydrogen-bond acceptors (Lipinski definition) is 4. The van der Waals surface area contributed by atoms with Crippen molar-refractivity contribution < 1.29 is 4.79 Å². The second-order valence-corrected chi connectivity index (χ2v) is 5.21. The maximum absolute atomic E-state index is 11.6. The van der Waals surface area contributed by atoms with E-state index in [1.165, 1.54) is 16.9 Å². The van der Waals surface area contributed by atoms with Gasteiger partial charge in [-0.3, -0.25) is 4.79 Å². The Kier molecular flexibility index (Phi) is 4.41. The monoisotopic (exact) mass is 273 g/mol. The molecule has 0 aliphatic heterocycles. The normalized spacial score (nSPS) is 10.8. The van der Waals surface area contributed by atoms with Crippen molar-refractivity contribution in [3.63, 3.8) is 0 Å². The quantitative estimate of drug-likeness (QED) is 0.687. The molecule has 5 heteroatoms. The highest BCUT2D eigenvalue weighted by molar-refractivity contribution is 7.09. The van der Waals surface area contributed by atoms with E-state index in [1.807, 2.05) is 43.5 Å². The van der Waals surface area contributed by atoms with Gasteiger partial charge in [0.25, 0.3) is 0 Å². The minimum absolute atomic E-state index is 0.155. The zero-order valence-electron chi connectivity index (χ0n) is 10.9. The maximum atomic E-state index is 11.6. The van der Waals surface area contributed by atoms with E-state index in [1.54, 1.807) is 6.21 Å². The first-order valence-corrected chi connectivity index (χ1v) is 6.81. The number of thiazole rings is 1. The van der Waals surface area contributed by atoms with E-state index in [2.05, 4.69) is 15.5 Å². The molecule has 4 nitrogen and oxygen atoms in total. The number of nitrogens with one attached hydrogen (secondary N) is 1. The smallest absolute Gasteiger partial charge is 0.246 e. The predicted molar refractivity (Wildman–Crippen MR) is 77.5 cm³/mol. The molecule has 1 N–H and O–H groups in total. The number of hydrazone groups is 1. The first-order chi connectivity index (χ1) is 9.13. The molecule has 0 bridgehead atoms. The molecule has 0 fully saturated rings. The Morgan fingerprint density at radius 1 is 1.37 bits per heavy atom. The largest absolute Gasteiger partial charge is 0.273 e. The summed E-state index contributed by atoms with van der Waals surface area (Å²) in [6, 6.07) is 7.91. The molecule has 1 heterocycles. The third-order valence-electron chi connectivity index (χ3n) is 2.46. The Balaban J connectivity index is 1.84. The molecule has 2 rings (SSSR count). The van der Waals surface area contributed by atoms with E-state index in [-0.39, 0.29) is 12.3 Å². The summed E-state index contributed by atoms with van der Waals surface area (Å²) in [6.45, 7) is 3.94. The van der Waals surface area contributed by atoms with Crippen LogP contribution in [-0.4, -0.2) is 17.1 Å². The average Bonchev–Trinajstić information content (AvgIpc) is 2.77. The lowest BCUT2D eigenvalue weighted by Gasteiger charge is -1.97. The molecule has 0 aliphatic carbocycles. The van der Waals surface area contributed by atoms with Gasteiger partial charge in [-0.2, -0.15) is 5.10 Å². The third kappa shape index (κ3) is 4.30. The summed E-state index contributed by atoms with van der Waals surface area (Å²) in [7, 11) is 0. The number of hydrogen-bond donors (Lipinski definition) is 1. The average molecular weight is 273 g/mol. The molecule has 0 unspecified atom stereocenters. The van der Waals surface area contributed by atoms with Crippen LogP contribution in [-0.2, 0) is 11.2 Å². The molecule has 1 amide bonds. The standard InChI is InChI=1S/C14H15N3OS/c1-10-3-5-12(6-4-10)8-15-17-13(18)7-14-16-11(2)9-19-14/h3-6,8-9H,7H2,1-2H3,(H,17,18)/b15-8-. The van der Waals surface area contributed by atoms with Crippen LogP contribution in [0.2, 0.25) is 0 Å². The Morgan fingerprint density at radius 2 is 2.11 bits per heavy atom. The van der Waals surface area contributed by atoms with Crippen molar-refractivity contribution in [3.8, 4) is 0 Å². The Morgan fingerprint density at radius 3 is 2.74 bits per heavy atom. The molecule has 98 valence electrons. The van der Waals surface area contributed by atoms with E-state index in [0.29, 0.717) is 0 Å².